The van der Waals surface area contributed by atoms with Crippen LogP contribution in [-0.2, 0) is 6.54 Å². The first kappa shape index (κ1) is 12.9. The summed E-state index contributed by atoms with van der Waals surface area (Å²) in [5.41, 5.74) is 1.21. The zero-order valence-electron chi connectivity index (χ0n) is 10.7. The fourth-order valence-corrected chi connectivity index (χ4v) is 3.05. The lowest BCUT2D eigenvalue weighted by Gasteiger charge is -2.33. The molecule has 3 unspecified atom stereocenters. The molecule has 2 heteroatoms. The molecule has 3 atom stereocenters. The average Bonchev–Trinajstić information content (AvgIpc) is 2.30. The molecule has 1 saturated carbocycles. The zero-order chi connectivity index (χ0) is 12.3. The van der Waals surface area contributed by atoms with Gasteiger partial charge in [-0.3, -0.25) is 0 Å². The predicted molar refractivity (Wildman–Crippen MR) is 74.3 cm³/mol. The lowest BCUT2D eigenvalue weighted by molar-refractivity contribution is 0.227. The van der Waals surface area contributed by atoms with E-state index < -0.39 is 0 Å². The zero-order valence-corrected chi connectivity index (χ0v) is 11.5. The van der Waals surface area contributed by atoms with Gasteiger partial charge in [-0.25, -0.2) is 0 Å². The standard InChI is InChI=1S/C15H22ClN/c1-11-7-8-15(12(2)9-11)17-10-13-5-3-4-6-14(13)16/h3-6,11-12,15,17H,7-10H2,1-2H3. The normalized spacial score (nSPS) is 29.2. The van der Waals surface area contributed by atoms with Crippen molar-refractivity contribution in [1.82, 2.24) is 5.32 Å². The van der Waals surface area contributed by atoms with E-state index in [1.165, 1.54) is 24.8 Å². The molecule has 1 fully saturated rings. The average molecular weight is 252 g/mol. The minimum Gasteiger partial charge on any atom is -0.310 e. The molecule has 1 aliphatic carbocycles. The van der Waals surface area contributed by atoms with Crippen molar-refractivity contribution in [2.45, 2.75) is 45.7 Å². The molecule has 2 rings (SSSR count). The van der Waals surface area contributed by atoms with E-state index in [-0.39, 0.29) is 0 Å². The van der Waals surface area contributed by atoms with Crippen LogP contribution in [0.25, 0.3) is 0 Å². The Morgan fingerprint density at radius 1 is 1.24 bits per heavy atom. The van der Waals surface area contributed by atoms with E-state index in [0.717, 1.165) is 23.4 Å². The Bertz CT molecular complexity index is 364. The first-order chi connectivity index (χ1) is 8.16. The van der Waals surface area contributed by atoms with Crippen LogP contribution in [0.15, 0.2) is 24.3 Å². The molecule has 1 N–H and O–H groups in total. The topological polar surface area (TPSA) is 12.0 Å². The van der Waals surface area contributed by atoms with Gasteiger partial charge < -0.3 is 5.32 Å². The molecule has 1 nitrogen and oxygen atoms in total. The maximum absolute atomic E-state index is 6.16. The predicted octanol–water partition coefficient (Wildman–Crippen LogP) is 4.25. The van der Waals surface area contributed by atoms with Crippen LogP contribution >= 0.6 is 11.6 Å². The van der Waals surface area contributed by atoms with Gasteiger partial charge >= 0.3 is 0 Å². The van der Waals surface area contributed by atoms with E-state index in [0.29, 0.717) is 6.04 Å². The summed E-state index contributed by atoms with van der Waals surface area (Å²) < 4.78 is 0. The Hall–Kier alpha value is -0.530. The quantitative estimate of drug-likeness (QED) is 0.847. The summed E-state index contributed by atoms with van der Waals surface area (Å²) in [4.78, 5) is 0. The highest BCUT2D eigenvalue weighted by Gasteiger charge is 2.24. The van der Waals surface area contributed by atoms with Crippen molar-refractivity contribution in [3.63, 3.8) is 0 Å². The first-order valence-electron chi connectivity index (χ1n) is 6.63. The Morgan fingerprint density at radius 2 is 2.00 bits per heavy atom. The van der Waals surface area contributed by atoms with Crippen molar-refractivity contribution in [2.24, 2.45) is 11.8 Å². The maximum atomic E-state index is 6.16. The third-order valence-electron chi connectivity index (χ3n) is 3.94. The van der Waals surface area contributed by atoms with Crippen LogP contribution in [0.5, 0.6) is 0 Å². The molecular formula is C15H22ClN. The summed E-state index contributed by atoms with van der Waals surface area (Å²) in [6.45, 7) is 5.61. The van der Waals surface area contributed by atoms with E-state index in [1.54, 1.807) is 0 Å². The van der Waals surface area contributed by atoms with Crippen molar-refractivity contribution < 1.29 is 0 Å². The number of benzene rings is 1. The highest BCUT2D eigenvalue weighted by Crippen LogP contribution is 2.29. The summed E-state index contributed by atoms with van der Waals surface area (Å²) in [7, 11) is 0. The summed E-state index contributed by atoms with van der Waals surface area (Å²) in [5, 5.41) is 4.54. The maximum Gasteiger partial charge on any atom is 0.0450 e. The molecular weight excluding hydrogens is 230 g/mol. The molecule has 0 aliphatic heterocycles. The van der Waals surface area contributed by atoms with Crippen LogP contribution in [-0.4, -0.2) is 6.04 Å². The molecule has 0 amide bonds. The van der Waals surface area contributed by atoms with Gasteiger partial charge in [-0.05, 0) is 42.7 Å². The van der Waals surface area contributed by atoms with Crippen molar-refractivity contribution in [3.8, 4) is 0 Å². The molecule has 0 bridgehead atoms. The molecule has 1 aliphatic rings. The first-order valence-corrected chi connectivity index (χ1v) is 7.01. The lowest BCUT2D eigenvalue weighted by Crippen LogP contribution is -2.38. The van der Waals surface area contributed by atoms with Gasteiger partial charge in [0.15, 0.2) is 0 Å². The van der Waals surface area contributed by atoms with E-state index in [4.69, 9.17) is 11.6 Å². The number of hydrogen-bond acceptors (Lipinski definition) is 1. The van der Waals surface area contributed by atoms with Crippen molar-refractivity contribution in [3.05, 3.63) is 34.9 Å². The van der Waals surface area contributed by atoms with Gasteiger partial charge in [0, 0.05) is 17.6 Å². The Morgan fingerprint density at radius 3 is 2.71 bits per heavy atom. The number of hydrogen-bond donors (Lipinski definition) is 1. The van der Waals surface area contributed by atoms with E-state index in [2.05, 4.69) is 31.3 Å². The van der Waals surface area contributed by atoms with E-state index >= 15 is 0 Å². The largest absolute Gasteiger partial charge is 0.310 e. The van der Waals surface area contributed by atoms with Gasteiger partial charge in [0.1, 0.15) is 0 Å². The molecule has 0 heterocycles. The second kappa shape index (κ2) is 5.88. The summed E-state index contributed by atoms with van der Waals surface area (Å²) in [6.07, 6.45) is 4.00. The van der Waals surface area contributed by atoms with Crippen LogP contribution in [0.2, 0.25) is 5.02 Å². The number of nitrogens with one attached hydrogen (secondary N) is 1. The van der Waals surface area contributed by atoms with Gasteiger partial charge in [-0.2, -0.15) is 0 Å². The van der Waals surface area contributed by atoms with Gasteiger partial charge in [0.2, 0.25) is 0 Å². The van der Waals surface area contributed by atoms with Crippen LogP contribution in [0.1, 0.15) is 38.7 Å². The molecule has 17 heavy (non-hydrogen) atoms. The second-order valence-electron chi connectivity index (χ2n) is 5.47. The highest BCUT2D eigenvalue weighted by molar-refractivity contribution is 6.31. The van der Waals surface area contributed by atoms with Crippen molar-refractivity contribution in [1.29, 1.82) is 0 Å². The van der Waals surface area contributed by atoms with Crippen LogP contribution in [0.4, 0.5) is 0 Å². The van der Waals surface area contributed by atoms with Gasteiger partial charge in [0.05, 0.1) is 0 Å². The SMILES string of the molecule is CC1CCC(NCc2ccccc2Cl)C(C)C1. The minimum absolute atomic E-state index is 0.655. The fourth-order valence-electron chi connectivity index (χ4n) is 2.85. The molecule has 1 aromatic rings. The monoisotopic (exact) mass is 251 g/mol. The van der Waals surface area contributed by atoms with Crippen molar-refractivity contribution >= 4 is 11.6 Å². The highest BCUT2D eigenvalue weighted by atomic mass is 35.5. The van der Waals surface area contributed by atoms with E-state index in [9.17, 15) is 0 Å². The Kier molecular flexibility index (Phi) is 4.47. The molecule has 0 aromatic heterocycles. The van der Waals surface area contributed by atoms with Crippen LogP contribution in [0.3, 0.4) is 0 Å². The van der Waals surface area contributed by atoms with Gasteiger partial charge in [-0.15, -0.1) is 0 Å². The molecule has 0 radical (unpaired) electrons. The van der Waals surface area contributed by atoms with Crippen LogP contribution in [0, 0.1) is 11.8 Å². The number of halogens is 1. The smallest absolute Gasteiger partial charge is 0.0450 e. The molecule has 1 aromatic carbocycles. The van der Waals surface area contributed by atoms with Gasteiger partial charge in [0.25, 0.3) is 0 Å². The van der Waals surface area contributed by atoms with Crippen molar-refractivity contribution in [2.75, 3.05) is 0 Å². The molecule has 0 saturated heterocycles. The minimum atomic E-state index is 0.655. The third-order valence-corrected chi connectivity index (χ3v) is 4.31. The summed E-state index contributed by atoms with van der Waals surface area (Å²) >= 11 is 6.16. The summed E-state index contributed by atoms with van der Waals surface area (Å²) in [5.74, 6) is 1.67. The van der Waals surface area contributed by atoms with E-state index in [1.807, 2.05) is 12.1 Å². The third kappa shape index (κ3) is 3.46. The van der Waals surface area contributed by atoms with Crippen LogP contribution < -0.4 is 5.32 Å². The lowest BCUT2D eigenvalue weighted by atomic mass is 9.80. The Balaban J connectivity index is 1.88. The fraction of sp³-hybridized carbons (Fsp3) is 0.600. The Labute approximate surface area is 110 Å². The summed E-state index contributed by atoms with van der Waals surface area (Å²) in [6, 6.07) is 8.75. The second-order valence-corrected chi connectivity index (χ2v) is 5.88. The molecule has 94 valence electrons. The number of rotatable bonds is 3. The van der Waals surface area contributed by atoms with Gasteiger partial charge in [-0.1, -0.05) is 43.6 Å². The molecule has 0 spiro atoms.